The van der Waals surface area contributed by atoms with E-state index in [1.165, 1.54) is 11.8 Å². The number of carbonyl (C=O) groups excluding carboxylic acids is 1. The molecule has 1 aliphatic rings. The molecular formula is C12H15N3O4S. The van der Waals surface area contributed by atoms with Gasteiger partial charge in [0.05, 0.1) is 0 Å². The molecule has 1 aromatic rings. The van der Waals surface area contributed by atoms with Crippen molar-refractivity contribution < 1.29 is 14.7 Å². The molecule has 1 aliphatic heterocycles. The maximum absolute atomic E-state index is 12.4. The van der Waals surface area contributed by atoms with E-state index in [4.69, 9.17) is 0 Å². The number of nitrogens with one attached hydrogen (secondary N) is 2. The van der Waals surface area contributed by atoms with E-state index in [1.807, 2.05) is 30.3 Å². The quantitative estimate of drug-likeness (QED) is 0.451. The Bertz CT molecular complexity index is 477. The molecule has 0 bridgehead atoms. The third-order valence-corrected chi connectivity index (χ3v) is 4.29. The van der Waals surface area contributed by atoms with Gasteiger partial charge in [0.2, 0.25) is 0 Å². The predicted octanol–water partition coefficient (Wildman–Crippen LogP) is 0.500. The number of hydrogen-bond acceptors (Lipinski definition) is 6. The molecule has 1 aromatic carbocycles. The largest absolute Gasteiger partial charge is 0.351 e. The molecule has 1 saturated heterocycles. The van der Waals surface area contributed by atoms with Crippen molar-refractivity contribution in [2.45, 2.75) is 4.87 Å². The van der Waals surface area contributed by atoms with Crippen LogP contribution in [0.4, 0.5) is 0 Å². The van der Waals surface area contributed by atoms with Crippen LogP contribution < -0.4 is 10.6 Å². The van der Waals surface area contributed by atoms with Crippen LogP contribution in [0, 0.1) is 10.1 Å². The molecule has 0 aromatic heterocycles. The van der Waals surface area contributed by atoms with Crippen LogP contribution in [0.15, 0.2) is 30.3 Å². The maximum Gasteiger partial charge on any atom is 0.294 e. The molecule has 2 rings (SSSR count). The summed E-state index contributed by atoms with van der Waals surface area (Å²) in [5.41, 5.74) is 0.871. The molecule has 2 N–H and O–H groups in total. The highest BCUT2D eigenvalue weighted by Gasteiger charge is 2.43. The summed E-state index contributed by atoms with van der Waals surface area (Å²) in [5, 5.41) is 15.0. The molecular weight excluding hydrogens is 282 g/mol. The fourth-order valence-electron chi connectivity index (χ4n) is 2.03. The molecule has 8 heteroatoms. The van der Waals surface area contributed by atoms with Gasteiger partial charge >= 0.3 is 0 Å². The number of nitrogens with zero attached hydrogens (tertiary/aromatic N) is 1. The van der Waals surface area contributed by atoms with Crippen molar-refractivity contribution in [3.63, 3.8) is 0 Å². The van der Waals surface area contributed by atoms with Crippen molar-refractivity contribution >= 4 is 17.7 Å². The Hall–Kier alpha value is -1.80. The standard InChI is InChI=1S/C12H15N3O4S/c16-11(13-6-8-19-15(17)18)12(14-7-9-20-12)10-4-2-1-3-5-10/h1-5,14H,6-9H2,(H,13,16). The average molecular weight is 297 g/mol. The molecule has 20 heavy (non-hydrogen) atoms. The minimum absolute atomic E-state index is 0.0939. The van der Waals surface area contributed by atoms with E-state index in [0.29, 0.717) is 0 Å². The summed E-state index contributed by atoms with van der Waals surface area (Å²) in [6, 6.07) is 9.41. The van der Waals surface area contributed by atoms with Crippen LogP contribution in [-0.4, -0.2) is 36.4 Å². The summed E-state index contributed by atoms with van der Waals surface area (Å²) in [5.74, 6) is 0.617. The fraction of sp³-hybridized carbons (Fsp3) is 0.417. The van der Waals surface area contributed by atoms with Gasteiger partial charge in [-0.05, 0) is 5.56 Å². The van der Waals surface area contributed by atoms with Crippen molar-refractivity contribution in [1.82, 2.24) is 10.6 Å². The van der Waals surface area contributed by atoms with Gasteiger partial charge < -0.3 is 10.2 Å². The highest BCUT2D eigenvalue weighted by atomic mass is 32.2. The first-order valence-corrected chi connectivity index (χ1v) is 7.14. The van der Waals surface area contributed by atoms with Crippen LogP contribution in [-0.2, 0) is 14.5 Å². The van der Waals surface area contributed by atoms with Crippen molar-refractivity contribution in [1.29, 1.82) is 0 Å². The zero-order chi connectivity index (χ0) is 14.4. The van der Waals surface area contributed by atoms with Gasteiger partial charge in [0.25, 0.3) is 11.0 Å². The zero-order valence-corrected chi connectivity index (χ0v) is 11.5. The van der Waals surface area contributed by atoms with Gasteiger partial charge in [-0.3, -0.25) is 10.1 Å². The maximum atomic E-state index is 12.4. The second-order valence-corrected chi connectivity index (χ2v) is 5.44. The fourth-order valence-corrected chi connectivity index (χ4v) is 3.25. The summed E-state index contributed by atoms with van der Waals surface area (Å²) in [6.45, 7) is 0.670. The van der Waals surface area contributed by atoms with Gasteiger partial charge in [-0.25, -0.2) is 0 Å². The van der Waals surface area contributed by atoms with Gasteiger partial charge in [-0.1, -0.05) is 30.3 Å². The average Bonchev–Trinajstić information content (AvgIpc) is 2.95. The van der Waals surface area contributed by atoms with Crippen LogP contribution >= 0.6 is 11.8 Å². The zero-order valence-electron chi connectivity index (χ0n) is 10.7. The van der Waals surface area contributed by atoms with Gasteiger partial charge in [0.15, 0.2) is 4.87 Å². The molecule has 1 atom stereocenters. The highest BCUT2D eigenvalue weighted by molar-refractivity contribution is 8.01. The number of rotatable bonds is 6. The first kappa shape index (κ1) is 14.6. The minimum Gasteiger partial charge on any atom is -0.351 e. The van der Waals surface area contributed by atoms with Crippen molar-refractivity contribution in [3.8, 4) is 0 Å². The van der Waals surface area contributed by atoms with Crippen molar-refractivity contribution in [3.05, 3.63) is 46.0 Å². The van der Waals surface area contributed by atoms with E-state index in [-0.39, 0.29) is 19.1 Å². The van der Waals surface area contributed by atoms with E-state index in [1.54, 1.807) is 0 Å². The molecule has 1 unspecified atom stereocenters. The predicted molar refractivity (Wildman–Crippen MR) is 74.5 cm³/mol. The summed E-state index contributed by atoms with van der Waals surface area (Å²) in [7, 11) is 0. The number of thioether (sulfide) groups is 1. The van der Waals surface area contributed by atoms with Gasteiger partial charge in [0.1, 0.15) is 6.61 Å². The normalized spacial score (nSPS) is 21.4. The van der Waals surface area contributed by atoms with E-state index in [0.717, 1.165) is 17.9 Å². The Labute approximate surface area is 120 Å². The molecule has 7 nitrogen and oxygen atoms in total. The number of carbonyl (C=O) groups is 1. The molecule has 108 valence electrons. The van der Waals surface area contributed by atoms with E-state index >= 15 is 0 Å². The molecule has 0 radical (unpaired) electrons. The summed E-state index contributed by atoms with van der Waals surface area (Å²) in [4.78, 5) is 25.8. The third-order valence-electron chi connectivity index (χ3n) is 2.88. The van der Waals surface area contributed by atoms with E-state index < -0.39 is 9.96 Å². The lowest BCUT2D eigenvalue weighted by molar-refractivity contribution is -0.757. The Kier molecular flexibility index (Phi) is 4.80. The second-order valence-electron chi connectivity index (χ2n) is 4.14. The number of amides is 1. The van der Waals surface area contributed by atoms with E-state index in [9.17, 15) is 14.9 Å². The second kappa shape index (κ2) is 6.58. The lowest BCUT2D eigenvalue weighted by Gasteiger charge is -2.27. The number of benzene rings is 1. The first-order valence-electron chi connectivity index (χ1n) is 6.15. The molecule has 1 heterocycles. The first-order chi connectivity index (χ1) is 9.65. The van der Waals surface area contributed by atoms with E-state index in [2.05, 4.69) is 15.5 Å². The number of hydrogen-bond donors (Lipinski definition) is 2. The Morgan fingerprint density at radius 1 is 1.50 bits per heavy atom. The lowest BCUT2D eigenvalue weighted by Crippen LogP contribution is -2.49. The third kappa shape index (κ3) is 3.20. The summed E-state index contributed by atoms with van der Waals surface area (Å²) < 4.78 is 0. The molecule has 1 amide bonds. The van der Waals surface area contributed by atoms with Crippen LogP contribution in [0.25, 0.3) is 0 Å². The topological polar surface area (TPSA) is 93.5 Å². The molecule has 0 saturated carbocycles. The summed E-state index contributed by atoms with van der Waals surface area (Å²) in [6.07, 6.45) is 0. The smallest absolute Gasteiger partial charge is 0.294 e. The molecule has 0 aliphatic carbocycles. The van der Waals surface area contributed by atoms with Crippen LogP contribution in [0.3, 0.4) is 0 Å². The van der Waals surface area contributed by atoms with Crippen LogP contribution in [0.2, 0.25) is 0 Å². The monoisotopic (exact) mass is 297 g/mol. The van der Waals surface area contributed by atoms with Gasteiger partial charge in [-0.2, -0.15) is 0 Å². The molecule has 1 fully saturated rings. The van der Waals surface area contributed by atoms with Gasteiger partial charge in [0, 0.05) is 18.8 Å². The molecule has 0 spiro atoms. The highest BCUT2D eigenvalue weighted by Crippen LogP contribution is 2.37. The van der Waals surface area contributed by atoms with Crippen LogP contribution in [0.5, 0.6) is 0 Å². The van der Waals surface area contributed by atoms with Crippen LogP contribution in [0.1, 0.15) is 5.56 Å². The Morgan fingerprint density at radius 3 is 2.85 bits per heavy atom. The minimum atomic E-state index is -0.873. The lowest BCUT2D eigenvalue weighted by atomic mass is 10.1. The summed E-state index contributed by atoms with van der Waals surface area (Å²) >= 11 is 1.52. The van der Waals surface area contributed by atoms with Gasteiger partial charge in [-0.15, -0.1) is 21.9 Å². The van der Waals surface area contributed by atoms with Crippen molar-refractivity contribution in [2.24, 2.45) is 0 Å². The Balaban J connectivity index is 2.02. The Morgan fingerprint density at radius 2 is 2.25 bits per heavy atom. The van der Waals surface area contributed by atoms with Crippen molar-refractivity contribution in [2.75, 3.05) is 25.4 Å². The SMILES string of the molecule is O=C(NCCO[N+](=O)[O-])C1(c2ccccc2)NCCS1.